The molecule has 6 nitrogen and oxygen atoms in total. The third-order valence-corrected chi connectivity index (χ3v) is 6.27. The van der Waals surface area contributed by atoms with Crippen LogP contribution in [0.3, 0.4) is 0 Å². The molecule has 0 bridgehead atoms. The van der Waals surface area contributed by atoms with Crippen LogP contribution < -0.4 is 20.9 Å². The summed E-state index contributed by atoms with van der Waals surface area (Å²) in [7, 11) is 4.04. The molecular formula is C25H32N6S. The van der Waals surface area contributed by atoms with Crippen LogP contribution in [-0.2, 0) is 6.42 Å². The highest BCUT2D eigenvalue weighted by atomic mass is 32.1. The molecule has 1 fully saturated rings. The van der Waals surface area contributed by atoms with E-state index in [0.29, 0.717) is 23.1 Å². The molecule has 0 aliphatic heterocycles. The van der Waals surface area contributed by atoms with E-state index in [1.165, 1.54) is 5.56 Å². The maximum Gasteiger partial charge on any atom is 0.225 e. The summed E-state index contributed by atoms with van der Waals surface area (Å²) >= 11 is 5.58. The van der Waals surface area contributed by atoms with E-state index in [9.17, 15) is 0 Å². The van der Waals surface area contributed by atoms with Gasteiger partial charge in [0.15, 0.2) is 5.11 Å². The lowest BCUT2D eigenvalue weighted by molar-refractivity contribution is 0.387. The van der Waals surface area contributed by atoms with Gasteiger partial charge in [-0.05, 0) is 68.1 Å². The lowest BCUT2D eigenvalue weighted by Crippen LogP contribution is -2.42. The van der Waals surface area contributed by atoms with E-state index in [0.717, 1.165) is 54.5 Å². The van der Waals surface area contributed by atoms with Gasteiger partial charge >= 0.3 is 0 Å². The lowest BCUT2D eigenvalue weighted by Gasteiger charge is -2.30. The monoisotopic (exact) mass is 448 g/mol. The summed E-state index contributed by atoms with van der Waals surface area (Å²) in [6, 6.07) is 17.2. The summed E-state index contributed by atoms with van der Waals surface area (Å²) in [6.07, 6.45) is 5.21. The minimum absolute atomic E-state index is 0.367. The molecular weight excluding hydrogens is 416 g/mol. The predicted molar refractivity (Wildman–Crippen MR) is 139 cm³/mol. The van der Waals surface area contributed by atoms with Crippen LogP contribution in [0.5, 0.6) is 0 Å². The van der Waals surface area contributed by atoms with Crippen LogP contribution in [-0.4, -0.2) is 41.3 Å². The molecule has 1 aromatic heterocycles. The Morgan fingerprint density at radius 1 is 0.969 bits per heavy atom. The highest BCUT2D eigenvalue weighted by molar-refractivity contribution is 7.80. The van der Waals surface area contributed by atoms with Crippen molar-refractivity contribution in [2.75, 3.05) is 29.6 Å². The van der Waals surface area contributed by atoms with Gasteiger partial charge in [-0.2, -0.15) is 4.98 Å². The molecule has 0 unspecified atom stereocenters. The van der Waals surface area contributed by atoms with Crippen LogP contribution in [0.25, 0.3) is 10.9 Å². The summed E-state index contributed by atoms with van der Waals surface area (Å²) < 4.78 is 0. The topological polar surface area (TPSA) is 65.1 Å². The second-order valence-corrected chi connectivity index (χ2v) is 8.99. The second-order valence-electron chi connectivity index (χ2n) is 8.58. The normalized spacial score (nSPS) is 18.2. The summed E-state index contributed by atoms with van der Waals surface area (Å²) in [6.45, 7) is 2.16. The predicted octanol–water partition coefficient (Wildman–Crippen LogP) is 4.97. The van der Waals surface area contributed by atoms with Crippen molar-refractivity contribution in [3.05, 3.63) is 54.1 Å². The molecule has 168 valence electrons. The van der Waals surface area contributed by atoms with E-state index in [1.807, 2.05) is 43.3 Å². The van der Waals surface area contributed by atoms with Crippen LogP contribution in [0, 0.1) is 0 Å². The van der Waals surface area contributed by atoms with Gasteiger partial charge in [-0.3, -0.25) is 0 Å². The van der Waals surface area contributed by atoms with Crippen LogP contribution in [0.4, 0.5) is 17.5 Å². The van der Waals surface area contributed by atoms with E-state index in [1.54, 1.807) is 0 Å². The average molecular weight is 449 g/mol. The van der Waals surface area contributed by atoms with Gasteiger partial charge in [0.25, 0.3) is 0 Å². The number of hydrogen-bond donors (Lipinski definition) is 3. The van der Waals surface area contributed by atoms with Crippen molar-refractivity contribution in [2.24, 2.45) is 0 Å². The second kappa shape index (κ2) is 10.1. The van der Waals surface area contributed by atoms with Crippen molar-refractivity contribution in [3.8, 4) is 0 Å². The van der Waals surface area contributed by atoms with Crippen LogP contribution in [0.1, 0.15) is 38.2 Å². The molecule has 0 atom stereocenters. The number of thiocarbonyl (C=S) groups is 1. The smallest absolute Gasteiger partial charge is 0.225 e. The average Bonchev–Trinajstić information content (AvgIpc) is 2.80. The Kier molecular flexibility index (Phi) is 7.05. The Balaban J connectivity index is 1.33. The maximum atomic E-state index is 5.58. The number of aromatic nitrogens is 2. The molecule has 0 amide bonds. The van der Waals surface area contributed by atoms with E-state index >= 15 is 0 Å². The highest BCUT2D eigenvalue weighted by Crippen LogP contribution is 2.26. The van der Waals surface area contributed by atoms with E-state index in [-0.39, 0.29) is 0 Å². The lowest BCUT2D eigenvalue weighted by atomic mass is 9.91. The molecule has 2 aromatic carbocycles. The number of nitrogens with one attached hydrogen (secondary N) is 3. The van der Waals surface area contributed by atoms with Gasteiger partial charge in [0.05, 0.1) is 5.52 Å². The van der Waals surface area contributed by atoms with Gasteiger partial charge < -0.3 is 20.9 Å². The fourth-order valence-corrected chi connectivity index (χ4v) is 4.60. The molecule has 0 radical (unpaired) electrons. The Hall–Kier alpha value is -2.93. The van der Waals surface area contributed by atoms with Gasteiger partial charge in [0.1, 0.15) is 5.82 Å². The molecule has 1 aliphatic rings. The number of rotatable bonds is 6. The molecule has 1 heterocycles. The standard InChI is InChI=1S/C25H32N6S/c1-4-17-9-5-7-11-21(17)29-25(32)27-19-15-13-18(14-16-19)26-24-28-22-12-8-6-10-20(22)23(30-24)31(2)3/h5-12,18-19H,4,13-16H2,1-3H3,(H,26,28,30)(H2,27,29,32)/t18-,19+. The van der Waals surface area contributed by atoms with Crippen molar-refractivity contribution in [1.82, 2.24) is 15.3 Å². The fourth-order valence-electron chi connectivity index (χ4n) is 4.32. The first-order valence-electron chi connectivity index (χ1n) is 11.4. The van der Waals surface area contributed by atoms with Gasteiger partial charge in [0, 0.05) is 37.3 Å². The van der Waals surface area contributed by atoms with Gasteiger partial charge in [0.2, 0.25) is 5.95 Å². The van der Waals surface area contributed by atoms with E-state index < -0.39 is 0 Å². The van der Waals surface area contributed by atoms with Crippen molar-refractivity contribution >= 4 is 45.7 Å². The van der Waals surface area contributed by atoms with Crippen molar-refractivity contribution < 1.29 is 0 Å². The fraction of sp³-hybridized carbons (Fsp3) is 0.400. The zero-order valence-corrected chi connectivity index (χ0v) is 19.9. The number of hydrogen-bond acceptors (Lipinski definition) is 5. The quantitative estimate of drug-likeness (QED) is 0.460. The molecule has 1 saturated carbocycles. The molecule has 1 aliphatic carbocycles. The molecule has 3 aromatic rings. The maximum absolute atomic E-state index is 5.58. The van der Waals surface area contributed by atoms with Crippen LogP contribution in [0.2, 0.25) is 0 Å². The van der Waals surface area contributed by atoms with E-state index in [4.69, 9.17) is 22.2 Å². The zero-order chi connectivity index (χ0) is 22.5. The summed E-state index contributed by atoms with van der Waals surface area (Å²) in [5.74, 6) is 1.65. The van der Waals surface area contributed by atoms with Crippen molar-refractivity contribution in [1.29, 1.82) is 0 Å². The first kappa shape index (κ1) is 22.3. The highest BCUT2D eigenvalue weighted by Gasteiger charge is 2.23. The first-order chi connectivity index (χ1) is 15.5. The largest absolute Gasteiger partial charge is 0.362 e. The SMILES string of the molecule is CCc1ccccc1NC(=S)N[C@H]1CC[C@@H](Nc2nc(N(C)C)c3ccccc3n2)CC1. The van der Waals surface area contributed by atoms with Gasteiger partial charge in [-0.25, -0.2) is 4.98 Å². The number of para-hydroxylation sites is 2. The molecule has 3 N–H and O–H groups in total. The first-order valence-corrected chi connectivity index (χ1v) is 11.8. The zero-order valence-electron chi connectivity index (χ0n) is 19.1. The molecule has 7 heteroatoms. The molecule has 32 heavy (non-hydrogen) atoms. The number of nitrogens with zero attached hydrogens (tertiary/aromatic N) is 3. The number of aryl methyl sites for hydroxylation is 1. The Bertz CT molecular complexity index is 1070. The summed E-state index contributed by atoms with van der Waals surface area (Å²) in [4.78, 5) is 11.6. The molecule has 0 spiro atoms. The van der Waals surface area contributed by atoms with Crippen LogP contribution in [0.15, 0.2) is 48.5 Å². The van der Waals surface area contributed by atoms with Crippen molar-refractivity contribution in [2.45, 2.75) is 51.1 Å². The summed E-state index contributed by atoms with van der Waals surface area (Å²) in [5, 5.41) is 12.2. The third-order valence-electron chi connectivity index (χ3n) is 6.05. The number of benzene rings is 2. The van der Waals surface area contributed by atoms with Crippen molar-refractivity contribution in [3.63, 3.8) is 0 Å². The third kappa shape index (κ3) is 5.27. The number of anilines is 3. The van der Waals surface area contributed by atoms with Gasteiger partial charge in [-0.1, -0.05) is 37.3 Å². The van der Waals surface area contributed by atoms with Gasteiger partial charge in [-0.15, -0.1) is 0 Å². The number of fused-ring (bicyclic) bond motifs is 1. The van der Waals surface area contributed by atoms with E-state index in [2.05, 4.69) is 47.1 Å². The minimum Gasteiger partial charge on any atom is -0.362 e. The van der Waals surface area contributed by atoms with Crippen LogP contribution >= 0.6 is 12.2 Å². The minimum atomic E-state index is 0.367. The Labute approximate surface area is 195 Å². The Morgan fingerprint density at radius 3 is 2.41 bits per heavy atom. The summed E-state index contributed by atoms with van der Waals surface area (Å²) in [5.41, 5.74) is 3.33. The molecule has 0 saturated heterocycles. The Morgan fingerprint density at radius 2 is 1.66 bits per heavy atom. The molecule has 4 rings (SSSR count).